The lowest BCUT2D eigenvalue weighted by Crippen LogP contribution is -1.92. The second-order valence-corrected chi connectivity index (χ2v) is 3.44. The molecule has 0 unspecified atom stereocenters. The van der Waals surface area contributed by atoms with E-state index in [1.54, 1.807) is 13.0 Å². The minimum atomic E-state index is -0.323. The van der Waals surface area contributed by atoms with Crippen molar-refractivity contribution in [2.75, 3.05) is 0 Å². The molecule has 2 rings (SSSR count). The molecule has 1 aromatic carbocycles. The van der Waals surface area contributed by atoms with Gasteiger partial charge in [0.2, 0.25) is 11.6 Å². The van der Waals surface area contributed by atoms with E-state index in [9.17, 15) is 9.18 Å². The van der Waals surface area contributed by atoms with Crippen LogP contribution in [0.5, 0.6) is 0 Å². The number of benzene rings is 1. The van der Waals surface area contributed by atoms with Gasteiger partial charge in [0.05, 0.1) is 0 Å². The Morgan fingerprint density at radius 2 is 2.19 bits per heavy atom. The number of rotatable bonds is 2. The minimum Gasteiger partial charge on any atom is -0.330 e. The average Bonchev–Trinajstić information content (AvgIpc) is 2.66. The summed E-state index contributed by atoms with van der Waals surface area (Å²) in [6.07, 6.45) is 0. The number of Topliss-reactive ketones (excluding diaryl/α,β-unsaturated/α-hetero) is 1. The van der Waals surface area contributed by atoms with Crippen molar-refractivity contribution in [1.82, 2.24) is 10.1 Å². The predicted octanol–water partition coefficient (Wildman–Crippen LogP) is 2.39. The van der Waals surface area contributed by atoms with Gasteiger partial charge in [-0.3, -0.25) is 4.79 Å². The highest BCUT2D eigenvalue weighted by molar-refractivity contribution is 5.89. The standard InChI is InChI=1S/C11H9FN2O2/c1-6-5-8(12)3-4-9(6)10-13-11(7(2)15)16-14-10/h3-5H,1-2H3. The quantitative estimate of drug-likeness (QED) is 0.729. The van der Waals surface area contributed by atoms with E-state index in [0.29, 0.717) is 17.0 Å². The lowest BCUT2D eigenvalue weighted by Gasteiger charge is -1.99. The summed E-state index contributed by atoms with van der Waals surface area (Å²) in [4.78, 5) is 14.9. The lowest BCUT2D eigenvalue weighted by molar-refractivity contribution is 0.0972. The Balaban J connectivity index is 2.46. The zero-order valence-electron chi connectivity index (χ0n) is 8.82. The molecule has 4 nitrogen and oxygen atoms in total. The maximum Gasteiger partial charge on any atom is 0.294 e. The van der Waals surface area contributed by atoms with Gasteiger partial charge < -0.3 is 4.52 Å². The summed E-state index contributed by atoms with van der Waals surface area (Å²) in [6, 6.07) is 4.24. The topological polar surface area (TPSA) is 56.0 Å². The van der Waals surface area contributed by atoms with Crippen molar-refractivity contribution in [3.05, 3.63) is 35.5 Å². The van der Waals surface area contributed by atoms with E-state index < -0.39 is 0 Å². The maximum atomic E-state index is 12.9. The molecule has 0 aliphatic carbocycles. The van der Waals surface area contributed by atoms with Crippen LogP contribution in [0.3, 0.4) is 0 Å². The van der Waals surface area contributed by atoms with Crippen molar-refractivity contribution in [2.24, 2.45) is 0 Å². The van der Waals surface area contributed by atoms with Gasteiger partial charge in [0.25, 0.3) is 5.89 Å². The maximum absolute atomic E-state index is 12.9. The van der Waals surface area contributed by atoms with Gasteiger partial charge in [-0.05, 0) is 30.7 Å². The fourth-order valence-corrected chi connectivity index (χ4v) is 1.35. The molecule has 16 heavy (non-hydrogen) atoms. The van der Waals surface area contributed by atoms with Gasteiger partial charge in [0, 0.05) is 12.5 Å². The molecule has 0 spiro atoms. The van der Waals surface area contributed by atoms with E-state index in [2.05, 4.69) is 10.1 Å². The van der Waals surface area contributed by atoms with Crippen molar-refractivity contribution in [3.8, 4) is 11.4 Å². The Kier molecular flexibility index (Phi) is 2.52. The van der Waals surface area contributed by atoms with Gasteiger partial charge in [0.15, 0.2) is 0 Å². The zero-order valence-corrected chi connectivity index (χ0v) is 8.82. The lowest BCUT2D eigenvalue weighted by atomic mass is 10.1. The highest BCUT2D eigenvalue weighted by Crippen LogP contribution is 2.21. The largest absolute Gasteiger partial charge is 0.330 e. The van der Waals surface area contributed by atoms with E-state index in [-0.39, 0.29) is 17.5 Å². The molecule has 0 saturated carbocycles. The first-order chi connectivity index (χ1) is 7.58. The van der Waals surface area contributed by atoms with E-state index >= 15 is 0 Å². The smallest absolute Gasteiger partial charge is 0.294 e. The summed E-state index contributed by atoms with van der Waals surface area (Å²) in [5.74, 6) is -0.364. The molecule has 0 amide bonds. The molecule has 0 fully saturated rings. The zero-order chi connectivity index (χ0) is 11.7. The number of carbonyl (C=O) groups is 1. The minimum absolute atomic E-state index is 0.0428. The van der Waals surface area contributed by atoms with Gasteiger partial charge in [-0.25, -0.2) is 4.39 Å². The third-order valence-corrected chi connectivity index (χ3v) is 2.16. The molecule has 0 saturated heterocycles. The van der Waals surface area contributed by atoms with Crippen molar-refractivity contribution in [1.29, 1.82) is 0 Å². The summed E-state index contributed by atoms with van der Waals surface area (Å²) < 4.78 is 17.6. The van der Waals surface area contributed by atoms with Crippen LogP contribution >= 0.6 is 0 Å². The predicted molar refractivity (Wildman–Crippen MR) is 54.4 cm³/mol. The molecular formula is C11H9FN2O2. The number of ketones is 1. The fourth-order valence-electron chi connectivity index (χ4n) is 1.35. The molecule has 1 aromatic heterocycles. The van der Waals surface area contributed by atoms with Gasteiger partial charge in [0.1, 0.15) is 5.82 Å². The van der Waals surface area contributed by atoms with Crippen LogP contribution in [0.15, 0.2) is 22.7 Å². The molecule has 0 bridgehead atoms. The Morgan fingerprint density at radius 3 is 2.75 bits per heavy atom. The van der Waals surface area contributed by atoms with Crippen LogP contribution in [-0.2, 0) is 0 Å². The van der Waals surface area contributed by atoms with Gasteiger partial charge in [-0.1, -0.05) is 5.16 Å². The molecule has 5 heteroatoms. The highest BCUT2D eigenvalue weighted by Gasteiger charge is 2.13. The van der Waals surface area contributed by atoms with Crippen molar-refractivity contribution in [3.63, 3.8) is 0 Å². The highest BCUT2D eigenvalue weighted by atomic mass is 19.1. The molecule has 0 N–H and O–H groups in total. The molecule has 2 aromatic rings. The Hall–Kier alpha value is -2.04. The van der Waals surface area contributed by atoms with Crippen LogP contribution in [0.2, 0.25) is 0 Å². The van der Waals surface area contributed by atoms with E-state index in [1.165, 1.54) is 19.1 Å². The molecule has 0 aliphatic heterocycles. The second kappa shape index (κ2) is 3.84. The first kappa shape index (κ1) is 10.5. The summed E-state index contributed by atoms with van der Waals surface area (Å²) in [6.45, 7) is 3.08. The van der Waals surface area contributed by atoms with E-state index in [0.717, 1.165) is 0 Å². The summed E-state index contributed by atoms with van der Waals surface area (Å²) in [7, 11) is 0. The summed E-state index contributed by atoms with van der Waals surface area (Å²) in [5, 5.41) is 3.67. The Morgan fingerprint density at radius 1 is 1.44 bits per heavy atom. The molecular weight excluding hydrogens is 211 g/mol. The van der Waals surface area contributed by atoms with Gasteiger partial charge >= 0.3 is 0 Å². The summed E-state index contributed by atoms with van der Waals surface area (Å²) in [5.41, 5.74) is 1.34. The third kappa shape index (κ3) is 1.84. The van der Waals surface area contributed by atoms with E-state index in [1.807, 2.05) is 0 Å². The number of aromatic nitrogens is 2. The van der Waals surface area contributed by atoms with Crippen LogP contribution in [-0.4, -0.2) is 15.9 Å². The first-order valence-electron chi connectivity index (χ1n) is 4.69. The number of aryl methyl sites for hydroxylation is 1. The molecule has 0 atom stereocenters. The monoisotopic (exact) mass is 220 g/mol. The number of carbonyl (C=O) groups excluding carboxylic acids is 1. The van der Waals surface area contributed by atoms with Crippen molar-refractivity contribution >= 4 is 5.78 Å². The van der Waals surface area contributed by atoms with Crippen LogP contribution in [0, 0.1) is 12.7 Å². The van der Waals surface area contributed by atoms with Crippen molar-refractivity contribution in [2.45, 2.75) is 13.8 Å². The molecule has 1 heterocycles. The molecule has 82 valence electrons. The Bertz CT molecular complexity index is 549. The van der Waals surface area contributed by atoms with Crippen LogP contribution < -0.4 is 0 Å². The SMILES string of the molecule is CC(=O)c1nc(-c2ccc(F)cc2C)no1. The average molecular weight is 220 g/mol. The number of halogens is 1. The van der Waals surface area contributed by atoms with E-state index in [4.69, 9.17) is 4.52 Å². The molecule has 0 aliphatic rings. The number of hydrogen-bond donors (Lipinski definition) is 0. The number of hydrogen-bond acceptors (Lipinski definition) is 4. The second-order valence-electron chi connectivity index (χ2n) is 3.44. The van der Waals surface area contributed by atoms with Crippen LogP contribution in [0.1, 0.15) is 23.2 Å². The fraction of sp³-hybridized carbons (Fsp3) is 0.182. The number of nitrogens with zero attached hydrogens (tertiary/aromatic N) is 2. The Labute approximate surface area is 91.1 Å². The normalized spacial score (nSPS) is 10.4. The van der Waals surface area contributed by atoms with Crippen LogP contribution in [0.4, 0.5) is 4.39 Å². The third-order valence-electron chi connectivity index (χ3n) is 2.16. The summed E-state index contributed by atoms with van der Waals surface area (Å²) >= 11 is 0. The van der Waals surface area contributed by atoms with Gasteiger partial charge in [-0.2, -0.15) is 4.98 Å². The van der Waals surface area contributed by atoms with Gasteiger partial charge in [-0.15, -0.1) is 0 Å². The molecule has 0 radical (unpaired) electrons. The van der Waals surface area contributed by atoms with Crippen LogP contribution in [0.25, 0.3) is 11.4 Å². The van der Waals surface area contributed by atoms with Crippen molar-refractivity contribution < 1.29 is 13.7 Å². The first-order valence-corrected chi connectivity index (χ1v) is 4.69.